The lowest BCUT2D eigenvalue weighted by atomic mass is 10.1. The van der Waals surface area contributed by atoms with Crippen molar-refractivity contribution in [1.29, 1.82) is 0 Å². The molecule has 1 heterocycles. The molecule has 186 valence electrons. The molecule has 14 heteroatoms. The van der Waals surface area contributed by atoms with Gasteiger partial charge in [-0.25, -0.2) is 18.2 Å². The van der Waals surface area contributed by atoms with Crippen LogP contribution in [0.3, 0.4) is 0 Å². The van der Waals surface area contributed by atoms with Crippen molar-refractivity contribution in [1.82, 2.24) is 15.1 Å². The molecule has 0 radical (unpaired) electrons. The Hall–Kier alpha value is -3.65. The van der Waals surface area contributed by atoms with E-state index in [0.717, 1.165) is 12.1 Å². The van der Waals surface area contributed by atoms with Gasteiger partial charge in [-0.15, -0.1) is 4.83 Å². The number of carbonyl (C=O) groups excluding carboxylic acids is 1. The number of hydrazine groups is 1. The van der Waals surface area contributed by atoms with Crippen molar-refractivity contribution >= 4 is 21.7 Å². The van der Waals surface area contributed by atoms with Gasteiger partial charge in [0.2, 0.25) is 0 Å². The first kappa shape index (κ1) is 26.0. The Balaban J connectivity index is 2.10. The summed E-state index contributed by atoms with van der Waals surface area (Å²) in [4.78, 5) is 17.9. The zero-order valence-corrected chi connectivity index (χ0v) is 18.2. The molecule has 0 unspecified atom stereocenters. The van der Waals surface area contributed by atoms with Gasteiger partial charge in [0.1, 0.15) is 0 Å². The molecule has 0 aliphatic carbocycles. The SMILES string of the molecule is O=C(NCc1cccnc1)N(NS(=O)(=O)c1ccccc1)c1cc(C(F)(F)F)ccc1C(F)(F)F. The lowest BCUT2D eigenvalue weighted by Gasteiger charge is -2.27. The third-order valence-corrected chi connectivity index (χ3v) is 5.82. The molecule has 0 saturated carbocycles. The Morgan fingerprint density at radius 1 is 0.914 bits per heavy atom. The number of sulfonamides is 1. The number of nitrogens with zero attached hydrogens (tertiary/aromatic N) is 2. The van der Waals surface area contributed by atoms with Crippen molar-refractivity contribution in [2.75, 3.05) is 5.01 Å². The number of benzene rings is 2. The highest BCUT2D eigenvalue weighted by Crippen LogP contribution is 2.40. The highest BCUT2D eigenvalue weighted by atomic mass is 32.2. The van der Waals surface area contributed by atoms with Crippen LogP contribution in [0, 0.1) is 0 Å². The number of halogens is 6. The van der Waals surface area contributed by atoms with Crippen LogP contribution in [0.25, 0.3) is 0 Å². The minimum Gasteiger partial charge on any atom is -0.332 e. The molecule has 0 spiro atoms. The van der Waals surface area contributed by atoms with Crippen LogP contribution in [0.15, 0.2) is 78.0 Å². The van der Waals surface area contributed by atoms with E-state index in [1.807, 2.05) is 0 Å². The van der Waals surface area contributed by atoms with Gasteiger partial charge in [0.25, 0.3) is 10.0 Å². The number of hydrogen-bond acceptors (Lipinski definition) is 4. The van der Waals surface area contributed by atoms with E-state index in [0.29, 0.717) is 5.56 Å². The van der Waals surface area contributed by atoms with Crippen LogP contribution in [-0.2, 0) is 28.9 Å². The standard InChI is InChI=1S/C21H16F6N4O3S/c22-20(23,24)15-8-9-17(21(25,26)27)18(11-15)31(19(32)29-13-14-5-4-10-28-12-14)30-35(33,34)16-6-2-1-3-7-16/h1-12,30H,13H2,(H,29,32). The lowest BCUT2D eigenvalue weighted by Crippen LogP contribution is -2.51. The number of carbonyl (C=O) groups is 1. The summed E-state index contributed by atoms with van der Waals surface area (Å²) in [6.45, 7) is -0.309. The number of amides is 2. The normalized spacial score (nSPS) is 12.3. The molecular formula is C21H16F6N4O3S. The summed E-state index contributed by atoms with van der Waals surface area (Å²) in [6.07, 6.45) is -7.55. The van der Waals surface area contributed by atoms with Crippen LogP contribution in [0.4, 0.5) is 36.8 Å². The molecule has 0 atom stereocenters. The largest absolute Gasteiger partial charge is 0.418 e. The average Bonchev–Trinajstić information content (AvgIpc) is 2.81. The van der Waals surface area contributed by atoms with Crippen LogP contribution in [-0.4, -0.2) is 19.4 Å². The van der Waals surface area contributed by atoms with E-state index in [9.17, 15) is 39.6 Å². The predicted octanol–water partition coefficient (Wildman–Crippen LogP) is 4.73. The van der Waals surface area contributed by atoms with Gasteiger partial charge in [0, 0.05) is 18.9 Å². The number of hydrogen-bond donors (Lipinski definition) is 2. The highest BCUT2D eigenvalue weighted by molar-refractivity contribution is 7.89. The van der Waals surface area contributed by atoms with Crippen molar-refractivity contribution in [3.05, 3.63) is 89.7 Å². The number of anilines is 1. The van der Waals surface area contributed by atoms with Gasteiger partial charge < -0.3 is 5.32 Å². The number of urea groups is 1. The zero-order valence-electron chi connectivity index (χ0n) is 17.4. The zero-order chi connectivity index (χ0) is 25.9. The first-order chi connectivity index (χ1) is 16.3. The summed E-state index contributed by atoms with van der Waals surface area (Å²) in [6, 6.07) is 8.17. The Bertz CT molecular complexity index is 1280. The van der Waals surface area contributed by atoms with Gasteiger partial charge in [-0.2, -0.15) is 26.3 Å². The van der Waals surface area contributed by atoms with E-state index in [1.165, 1.54) is 42.7 Å². The maximum atomic E-state index is 13.7. The van der Waals surface area contributed by atoms with Crippen molar-refractivity contribution in [3.63, 3.8) is 0 Å². The second-order valence-corrected chi connectivity index (χ2v) is 8.65. The maximum Gasteiger partial charge on any atom is 0.418 e. The number of rotatable bonds is 6. The van der Waals surface area contributed by atoms with Gasteiger partial charge in [0.05, 0.1) is 21.7 Å². The van der Waals surface area contributed by atoms with Crippen molar-refractivity contribution in [3.8, 4) is 0 Å². The summed E-state index contributed by atoms with van der Waals surface area (Å²) in [5.41, 5.74) is -4.16. The van der Waals surface area contributed by atoms with Crippen LogP contribution in [0.1, 0.15) is 16.7 Å². The lowest BCUT2D eigenvalue weighted by molar-refractivity contribution is -0.141. The molecule has 3 rings (SSSR count). The molecular weight excluding hydrogens is 502 g/mol. The first-order valence-corrected chi connectivity index (χ1v) is 11.1. The monoisotopic (exact) mass is 518 g/mol. The summed E-state index contributed by atoms with van der Waals surface area (Å²) in [5.74, 6) is 0. The fraction of sp³-hybridized carbons (Fsp3) is 0.143. The van der Waals surface area contributed by atoms with Crippen molar-refractivity contribution in [2.45, 2.75) is 23.8 Å². The molecule has 2 aromatic carbocycles. The topological polar surface area (TPSA) is 91.4 Å². The molecule has 0 aliphatic heterocycles. The van der Waals surface area contributed by atoms with Gasteiger partial charge >= 0.3 is 18.4 Å². The van der Waals surface area contributed by atoms with Crippen LogP contribution in [0.2, 0.25) is 0 Å². The van der Waals surface area contributed by atoms with E-state index in [1.54, 1.807) is 4.83 Å². The smallest absolute Gasteiger partial charge is 0.332 e. The molecule has 2 N–H and O–H groups in total. The number of alkyl halides is 6. The van der Waals surface area contributed by atoms with Crippen LogP contribution >= 0.6 is 0 Å². The molecule has 1 aromatic heterocycles. The third-order valence-electron chi connectivity index (χ3n) is 4.51. The highest BCUT2D eigenvalue weighted by Gasteiger charge is 2.40. The molecule has 0 aliphatic rings. The van der Waals surface area contributed by atoms with E-state index >= 15 is 0 Å². The van der Waals surface area contributed by atoms with E-state index in [4.69, 9.17) is 0 Å². The third kappa shape index (κ3) is 6.48. The Labute approximate surface area is 195 Å². The van der Waals surface area contributed by atoms with Crippen LogP contribution < -0.4 is 15.2 Å². The summed E-state index contributed by atoms with van der Waals surface area (Å²) >= 11 is 0. The van der Waals surface area contributed by atoms with Gasteiger partial charge in [0.15, 0.2) is 0 Å². The summed E-state index contributed by atoms with van der Waals surface area (Å²) < 4.78 is 106. The molecule has 0 bridgehead atoms. The molecule has 2 amide bonds. The number of pyridine rings is 1. The quantitative estimate of drug-likeness (QED) is 0.365. The van der Waals surface area contributed by atoms with Gasteiger partial charge in [-0.05, 0) is 42.0 Å². The van der Waals surface area contributed by atoms with Gasteiger partial charge in [-0.3, -0.25) is 4.98 Å². The molecule has 7 nitrogen and oxygen atoms in total. The molecule has 3 aromatic rings. The second-order valence-electron chi connectivity index (χ2n) is 6.99. The van der Waals surface area contributed by atoms with Crippen LogP contribution in [0.5, 0.6) is 0 Å². The Kier molecular flexibility index (Phi) is 7.36. The second kappa shape index (κ2) is 9.92. The summed E-state index contributed by atoms with van der Waals surface area (Å²) in [7, 11) is -4.69. The Morgan fingerprint density at radius 2 is 1.60 bits per heavy atom. The van der Waals surface area contributed by atoms with Gasteiger partial charge in [-0.1, -0.05) is 24.3 Å². The van der Waals surface area contributed by atoms with Crippen molar-refractivity contribution < 1.29 is 39.6 Å². The fourth-order valence-corrected chi connectivity index (χ4v) is 3.91. The van der Waals surface area contributed by atoms with Crippen molar-refractivity contribution in [2.24, 2.45) is 0 Å². The average molecular weight is 518 g/mol. The van der Waals surface area contributed by atoms with E-state index in [-0.39, 0.29) is 29.8 Å². The molecule has 0 saturated heterocycles. The number of aromatic nitrogens is 1. The Morgan fingerprint density at radius 3 is 2.17 bits per heavy atom. The number of nitrogens with one attached hydrogen (secondary N) is 2. The molecule has 0 fully saturated rings. The van der Waals surface area contributed by atoms with E-state index in [2.05, 4.69) is 10.3 Å². The maximum absolute atomic E-state index is 13.7. The predicted molar refractivity (Wildman–Crippen MR) is 112 cm³/mol. The summed E-state index contributed by atoms with van der Waals surface area (Å²) in [5, 5.41) is 2.07. The van der Waals surface area contributed by atoms with E-state index < -0.39 is 50.1 Å². The molecule has 35 heavy (non-hydrogen) atoms. The minimum atomic E-state index is -5.22. The fourth-order valence-electron chi connectivity index (χ4n) is 2.86. The minimum absolute atomic E-state index is 0.0417. The first-order valence-electron chi connectivity index (χ1n) is 9.62.